The molecule has 8 amide bonds. The van der Waals surface area contributed by atoms with E-state index in [1.807, 2.05) is 19.0 Å². The maximum atomic E-state index is 13.4. The van der Waals surface area contributed by atoms with Crippen LogP contribution in [-0.2, 0) is 35.3 Å². The van der Waals surface area contributed by atoms with Crippen molar-refractivity contribution in [3.63, 3.8) is 0 Å². The number of primary amides is 1. The highest BCUT2D eigenvalue weighted by molar-refractivity contribution is 6.12. The van der Waals surface area contributed by atoms with Crippen molar-refractivity contribution in [3.05, 3.63) is 42.0 Å². The van der Waals surface area contributed by atoms with Crippen LogP contribution in [-0.4, -0.2) is 116 Å². The number of amides is 8. The van der Waals surface area contributed by atoms with Crippen LogP contribution in [0.3, 0.4) is 0 Å². The van der Waals surface area contributed by atoms with E-state index in [9.17, 15) is 33.6 Å². The quantitative estimate of drug-likeness (QED) is 0.0923. The lowest BCUT2D eigenvalue weighted by Gasteiger charge is -2.25. The molecule has 0 saturated heterocycles. The molecule has 1 heterocycles. The Morgan fingerprint density at radius 3 is 2.12 bits per heavy atom. The second-order valence-electron chi connectivity index (χ2n) is 12.7. The highest BCUT2D eigenvalue weighted by Gasteiger charge is 2.29. The third kappa shape index (κ3) is 15.1. The molecule has 1 aliphatic rings. The molecular formula is C34H52N8O8. The Balaban J connectivity index is 1.94. The van der Waals surface area contributed by atoms with Gasteiger partial charge in [-0.3, -0.25) is 28.9 Å². The number of nitrogens with zero attached hydrogens (tertiary/aromatic N) is 3. The maximum absolute atomic E-state index is 13.4. The Labute approximate surface area is 293 Å². The predicted molar refractivity (Wildman–Crippen MR) is 186 cm³/mol. The lowest BCUT2D eigenvalue weighted by atomic mass is 10.0. The Kier molecular flexibility index (Phi) is 17.4. The van der Waals surface area contributed by atoms with Crippen LogP contribution in [0.4, 0.5) is 15.3 Å². The van der Waals surface area contributed by atoms with Crippen molar-refractivity contribution in [1.29, 1.82) is 0 Å². The van der Waals surface area contributed by atoms with Gasteiger partial charge in [-0.15, -0.1) is 0 Å². The first-order valence-electron chi connectivity index (χ1n) is 16.8. The van der Waals surface area contributed by atoms with E-state index in [-0.39, 0.29) is 56.2 Å². The number of nitrogens with two attached hydrogens (primary N) is 1. The van der Waals surface area contributed by atoms with Crippen LogP contribution in [0.2, 0.25) is 0 Å². The minimum Gasteiger partial charge on any atom is -0.445 e. The van der Waals surface area contributed by atoms with Gasteiger partial charge in [0.2, 0.25) is 17.7 Å². The first-order chi connectivity index (χ1) is 23.7. The number of hydrogen-bond donors (Lipinski definition) is 5. The fourth-order valence-corrected chi connectivity index (χ4v) is 4.82. The van der Waals surface area contributed by atoms with Crippen LogP contribution in [0.1, 0.15) is 57.9 Å². The van der Waals surface area contributed by atoms with E-state index in [1.54, 1.807) is 45.2 Å². The van der Waals surface area contributed by atoms with Gasteiger partial charge in [0.05, 0.1) is 0 Å². The number of ether oxygens (including phenoxy) is 1. The van der Waals surface area contributed by atoms with Gasteiger partial charge >= 0.3 is 12.1 Å². The van der Waals surface area contributed by atoms with Gasteiger partial charge in [-0.25, -0.2) is 9.59 Å². The molecule has 0 unspecified atom stereocenters. The summed E-state index contributed by atoms with van der Waals surface area (Å²) < 4.78 is 5.36. The van der Waals surface area contributed by atoms with Crippen LogP contribution in [0.5, 0.6) is 0 Å². The molecule has 0 fully saturated rings. The van der Waals surface area contributed by atoms with Crippen molar-refractivity contribution in [2.24, 2.45) is 11.7 Å². The summed E-state index contributed by atoms with van der Waals surface area (Å²) >= 11 is 0. The molecule has 0 bridgehead atoms. The second kappa shape index (κ2) is 21.2. The van der Waals surface area contributed by atoms with E-state index < -0.39 is 36.0 Å². The topological polar surface area (TPSA) is 213 Å². The standard InChI is InChI=1S/C34H52N8O8/c1-23(2)30(39-27(43)11-7-6-8-19-42-28(44)16-17-29(42)45)32(47)38-26(10-9-18-36-33(35)48)31(46)37-25-14-12-24(13-15-25)22-50-34(49)41(5)21-20-40(3)4/h12-17,23,26,30H,6-11,18-22H2,1-5H3,(H,37,46)(H,38,47)(H,39,43)(H3,35,36,48)/t26-,30-/m0/s1. The molecule has 16 nitrogen and oxygen atoms in total. The normalized spacial score (nSPS) is 13.6. The average Bonchev–Trinajstić information content (AvgIpc) is 3.38. The number of imide groups is 1. The number of anilines is 1. The first-order valence-corrected chi connectivity index (χ1v) is 16.8. The van der Waals surface area contributed by atoms with E-state index in [0.29, 0.717) is 50.0 Å². The van der Waals surface area contributed by atoms with E-state index in [4.69, 9.17) is 10.5 Å². The van der Waals surface area contributed by atoms with Crippen molar-refractivity contribution < 1.29 is 38.3 Å². The molecule has 50 heavy (non-hydrogen) atoms. The number of nitrogens with one attached hydrogen (secondary N) is 4. The summed E-state index contributed by atoms with van der Waals surface area (Å²) in [5, 5.41) is 10.8. The Morgan fingerprint density at radius 1 is 0.860 bits per heavy atom. The summed E-state index contributed by atoms with van der Waals surface area (Å²) in [6, 6.07) is 4.09. The van der Waals surface area contributed by atoms with Crippen LogP contribution in [0, 0.1) is 5.92 Å². The Hall–Kier alpha value is -4.99. The largest absolute Gasteiger partial charge is 0.445 e. The predicted octanol–water partition coefficient (Wildman–Crippen LogP) is 1.31. The zero-order valence-corrected chi connectivity index (χ0v) is 29.7. The Morgan fingerprint density at radius 2 is 1.52 bits per heavy atom. The number of rotatable bonds is 21. The SMILES string of the molecule is CC(C)[C@H](NC(=O)CCCCCN1C(=O)C=CC1=O)C(=O)N[C@@H](CCCNC(N)=O)C(=O)Nc1ccc(COC(=O)N(C)CCN(C)C)cc1. The van der Waals surface area contributed by atoms with Gasteiger partial charge in [-0.2, -0.15) is 0 Å². The Bertz CT molecular complexity index is 1350. The summed E-state index contributed by atoms with van der Waals surface area (Å²) in [5.41, 5.74) is 6.31. The zero-order valence-electron chi connectivity index (χ0n) is 29.7. The van der Waals surface area contributed by atoms with E-state index in [2.05, 4.69) is 21.3 Å². The van der Waals surface area contributed by atoms with Crippen LogP contribution in [0.25, 0.3) is 0 Å². The lowest BCUT2D eigenvalue weighted by Crippen LogP contribution is -2.54. The zero-order chi connectivity index (χ0) is 37.2. The fourth-order valence-electron chi connectivity index (χ4n) is 4.82. The second-order valence-corrected chi connectivity index (χ2v) is 12.7. The summed E-state index contributed by atoms with van der Waals surface area (Å²) in [5.74, 6) is -2.37. The molecule has 1 aliphatic heterocycles. The van der Waals surface area contributed by atoms with Gasteiger partial charge < -0.3 is 41.5 Å². The molecule has 16 heteroatoms. The maximum Gasteiger partial charge on any atom is 0.409 e. The van der Waals surface area contributed by atoms with Crippen LogP contribution < -0.4 is 27.0 Å². The van der Waals surface area contributed by atoms with Gasteiger partial charge in [0.1, 0.15) is 18.7 Å². The number of unbranched alkanes of at least 4 members (excludes halogenated alkanes) is 2. The number of likely N-dealkylation sites (N-methyl/N-ethyl adjacent to an activating group) is 2. The average molecular weight is 701 g/mol. The van der Waals surface area contributed by atoms with Crippen molar-refractivity contribution in [1.82, 2.24) is 30.7 Å². The van der Waals surface area contributed by atoms with Gasteiger partial charge in [0, 0.05) is 57.5 Å². The van der Waals surface area contributed by atoms with Crippen molar-refractivity contribution >= 4 is 47.3 Å². The molecule has 0 radical (unpaired) electrons. The molecule has 2 atom stereocenters. The number of carbonyl (C=O) groups is 7. The molecule has 0 aromatic heterocycles. The number of carbonyl (C=O) groups excluding carboxylic acids is 7. The molecule has 1 aromatic rings. The molecular weight excluding hydrogens is 648 g/mol. The summed E-state index contributed by atoms with van der Waals surface area (Å²) in [4.78, 5) is 90.8. The van der Waals surface area contributed by atoms with Gasteiger partial charge in [-0.1, -0.05) is 32.4 Å². The molecule has 2 rings (SSSR count). The summed E-state index contributed by atoms with van der Waals surface area (Å²) in [6.45, 7) is 5.27. The van der Waals surface area contributed by atoms with Crippen LogP contribution in [0.15, 0.2) is 36.4 Å². The molecule has 0 spiro atoms. The molecule has 6 N–H and O–H groups in total. The molecule has 1 aromatic carbocycles. The minimum atomic E-state index is -1.00. The third-order valence-corrected chi connectivity index (χ3v) is 7.83. The molecule has 0 saturated carbocycles. The lowest BCUT2D eigenvalue weighted by molar-refractivity contribution is -0.137. The monoisotopic (exact) mass is 700 g/mol. The van der Waals surface area contributed by atoms with Crippen LogP contribution >= 0.6 is 0 Å². The first kappa shape index (κ1) is 41.2. The van der Waals surface area contributed by atoms with E-state index in [1.165, 1.54) is 17.1 Å². The van der Waals surface area contributed by atoms with Gasteiger partial charge in [0.25, 0.3) is 11.8 Å². The number of benzene rings is 1. The minimum absolute atomic E-state index is 0.0472. The van der Waals surface area contributed by atoms with Crippen molar-refractivity contribution in [2.45, 2.75) is 71.1 Å². The van der Waals surface area contributed by atoms with E-state index >= 15 is 0 Å². The molecule has 276 valence electrons. The van der Waals surface area contributed by atoms with Crippen molar-refractivity contribution in [2.75, 3.05) is 52.6 Å². The van der Waals surface area contributed by atoms with Gasteiger partial charge in [-0.05, 0) is 63.4 Å². The number of urea groups is 1. The fraction of sp³-hybridized carbons (Fsp3) is 0.559. The van der Waals surface area contributed by atoms with E-state index in [0.717, 1.165) is 4.90 Å². The van der Waals surface area contributed by atoms with Crippen molar-refractivity contribution in [3.8, 4) is 0 Å². The van der Waals surface area contributed by atoms with Gasteiger partial charge in [0.15, 0.2) is 0 Å². The third-order valence-electron chi connectivity index (χ3n) is 7.83. The summed E-state index contributed by atoms with van der Waals surface area (Å²) in [7, 11) is 5.49. The highest BCUT2D eigenvalue weighted by atomic mass is 16.6. The highest BCUT2D eigenvalue weighted by Crippen LogP contribution is 2.14. The number of hydrogen-bond acceptors (Lipinski definition) is 9. The molecule has 0 aliphatic carbocycles. The smallest absolute Gasteiger partial charge is 0.409 e. The summed E-state index contributed by atoms with van der Waals surface area (Å²) in [6.07, 6.45) is 4.30.